The molecule has 0 spiro atoms. The van der Waals surface area contributed by atoms with Crippen LogP contribution in [0, 0.1) is 5.92 Å². The molecule has 0 saturated heterocycles. The first-order chi connectivity index (χ1) is 8.58. The summed E-state index contributed by atoms with van der Waals surface area (Å²) in [6, 6.07) is 5.07. The van der Waals surface area contributed by atoms with Gasteiger partial charge in [-0.25, -0.2) is 0 Å². The van der Waals surface area contributed by atoms with Gasteiger partial charge in [0.1, 0.15) is 0 Å². The molecule has 0 radical (unpaired) electrons. The molecule has 100 valence electrons. The molecular formula is C13H17BrClNO2. The van der Waals surface area contributed by atoms with Crippen LogP contribution in [0.2, 0.25) is 5.02 Å². The summed E-state index contributed by atoms with van der Waals surface area (Å²) < 4.78 is 0.683. The van der Waals surface area contributed by atoms with Gasteiger partial charge in [-0.2, -0.15) is 0 Å². The lowest BCUT2D eigenvalue weighted by Crippen LogP contribution is -2.29. The first kappa shape index (κ1) is 15.5. The van der Waals surface area contributed by atoms with Crippen LogP contribution in [0.25, 0.3) is 0 Å². The van der Waals surface area contributed by atoms with E-state index in [1.165, 1.54) is 0 Å². The minimum atomic E-state index is -0.130. The Morgan fingerprint density at radius 1 is 1.56 bits per heavy atom. The summed E-state index contributed by atoms with van der Waals surface area (Å²) >= 11 is 9.14. The molecule has 1 rings (SSSR count). The average molecular weight is 335 g/mol. The number of hydrogen-bond acceptors (Lipinski definition) is 2. The molecular weight excluding hydrogens is 318 g/mol. The molecule has 0 aliphatic rings. The first-order valence-electron chi connectivity index (χ1n) is 5.92. The van der Waals surface area contributed by atoms with Gasteiger partial charge in [-0.15, -0.1) is 0 Å². The molecule has 0 bridgehead atoms. The molecule has 2 N–H and O–H groups in total. The molecule has 1 aromatic rings. The molecule has 1 unspecified atom stereocenters. The fourth-order valence-electron chi connectivity index (χ4n) is 1.64. The SMILES string of the molecule is CCC(CCO)CNC(=O)c1ccc(Cl)cc1Br. The Morgan fingerprint density at radius 2 is 2.28 bits per heavy atom. The number of aliphatic hydroxyl groups is 1. The van der Waals surface area contributed by atoms with Gasteiger partial charge in [0.15, 0.2) is 0 Å². The van der Waals surface area contributed by atoms with Crippen molar-refractivity contribution in [3.63, 3.8) is 0 Å². The summed E-state index contributed by atoms with van der Waals surface area (Å²) in [6.07, 6.45) is 1.64. The number of rotatable bonds is 6. The van der Waals surface area contributed by atoms with Crippen LogP contribution in [-0.2, 0) is 0 Å². The van der Waals surface area contributed by atoms with E-state index >= 15 is 0 Å². The van der Waals surface area contributed by atoms with E-state index < -0.39 is 0 Å². The zero-order valence-corrected chi connectivity index (χ0v) is 12.6. The van der Waals surface area contributed by atoms with E-state index in [0.717, 1.165) is 6.42 Å². The molecule has 0 heterocycles. The van der Waals surface area contributed by atoms with Crippen LogP contribution in [0.1, 0.15) is 30.1 Å². The maximum absolute atomic E-state index is 12.0. The Hall–Kier alpha value is -0.580. The van der Waals surface area contributed by atoms with Crippen LogP contribution in [0.15, 0.2) is 22.7 Å². The highest BCUT2D eigenvalue weighted by Crippen LogP contribution is 2.21. The van der Waals surface area contributed by atoms with Gasteiger partial charge in [0.05, 0.1) is 5.56 Å². The van der Waals surface area contributed by atoms with Crippen molar-refractivity contribution in [1.82, 2.24) is 5.32 Å². The van der Waals surface area contributed by atoms with Gasteiger partial charge >= 0.3 is 0 Å². The number of hydrogen-bond donors (Lipinski definition) is 2. The second-order valence-corrected chi connectivity index (χ2v) is 5.41. The van der Waals surface area contributed by atoms with Crippen molar-refractivity contribution in [3.05, 3.63) is 33.3 Å². The van der Waals surface area contributed by atoms with Crippen molar-refractivity contribution in [2.75, 3.05) is 13.2 Å². The van der Waals surface area contributed by atoms with E-state index in [1.807, 2.05) is 6.92 Å². The van der Waals surface area contributed by atoms with Crippen molar-refractivity contribution in [2.24, 2.45) is 5.92 Å². The van der Waals surface area contributed by atoms with Crippen molar-refractivity contribution in [2.45, 2.75) is 19.8 Å². The lowest BCUT2D eigenvalue weighted by Gasteiger charge is -2.14. The Labute approximate surface area is 121 Å². The molecule has 0 aliphatic carbocycles. The van der Waals surface area contributed by atoms with E-state index in [9.17, 15) is 4.79 Å². The number of nitrogens with one attached hydrogen (secondary N) is 1. The standard InChI is InChI=1S/C13H17BrClNO2/c1-2-9(5-6-17)8-16-13(18)11-4-3-10(15)7-12(11)14/h3-4,7,9,17H,2,5-6,8H2,1H3,(H,16,18). The van der Waals surface area contributed by atoms with E-state index in [2.05, 4.69) is 21.2 Å². The number of carbonyl (C=O) groups is 1. The van der Waals surface area contributed by atoms with Gasteiger partial charge in [0.2, 0.25) is 0 Å². The third-order valence-electron chi connectivity index (χ3n) is 2.84. The minimum absolute atomic E-state index is 0.130. The molecule has 0 saturated carbocycles. The van der Waals surface area contributed by atoms with E-state index in [-0.39, 0.29) is 12.5 Å². The predicted octanol–water partition coefficient (Wildman–Crippen LogP) is 3.24. The summed E-state index contributed by atoms with van der Waals surface area (Å²) in [7, 11) is 0. The lowest BCUT2D eigenvalue weighted by molar-refractivity contribution is 0.0943. The second kappa shape index (κ2) is 7.77. The maximum atomic E-state index is 12.0. The molecule has 1 amide bonds. The molecule has 5 heteroatoms. The fraction of sp³-hybridized carbons (Fsp3) is 0.462. The fourth-order valence-corrected chi connectivity index (χ4v) is 2.50. The summed E-state index contributed by atoms with van der Waals surface area (Å²) in [5, 5.41) is 12.3. The number of amides is 1. The minimum Gasteiger partial charge on any atom is -0.396 e. The quantitative estimate of drug-likeness (QED) is 0.839. The van der Waals surface area contributed by atoms with Gasteiger partial charge in [-0.1, -0.05) is 24.9 Å². The van der Waals surface area contributed by atoms with Crippen LogP contribution in [-0.4, -0.2) is 24.2 Å². The van der Waals surface area contributed by atoms with Gasteiger partial charge in [-0.05, 0) is 46.5 Å². The number of aliphatic hydroxyl groups excluding tert-OH is 1. The van der Waals surface area contributed by atoms with E-state index in [1.54, 1.807) is 18.2 Å². The Bertz CT molecular complexity index is 412. The van der Waals surface area contributed by atoms with Crippen molar-refractivity contribution in [3.8, 4) is 0 Å². The highest BCUT2D eigenvalue weighted by atomic mass is 79.9. The highest BCUT2D eigenvalue weighted by Gasteiger charge is 2.12. The third kappa shape index (κ3) is 4.59. The molecule has 1 atom stereocenters. The maximum Gasteiger partial charge on any atom is 0.252 e. The number of carbonyl (C=O) groups excluding carboxylic acids is 1. The summed E-state index contributed by atoms with van der Waals surface area (Å²) in [4.78, 5) is 12.0. The van der Waals surface area contributed by atoms with Crippen LogP contribution < -0.4 is 5.32 Å². The van der Waals surface area contributed by atoms with Gasteiger partial charge in [0, 0.05) is 22.6 Å². The average Bonchev–Trinajstić information content (AvgIpc) is 2.34. The van der Waals surface area contributed by atoms with E-state index in [0.29, 0.717) is 33.9 Å². The monoisotopic (exact) mass is 333 g/mol. The smallest absolute Gasteiger partial charge is 0.252 e. The zero-order valence-electron chi connectivity index (χ0n) is 10.2. The van der Waals surface area contributed by atoms with Gasteiger partial charge < -0.3 is 10.4 Å². The Morgan fingerprint density at radius 3 is 2.83 bits per heavy atom. The van der Waals surface area contributed by atoms with Crippen LogP contribution in [0.4, 0.5) is 0 Å². The van der Waals surface area contributed by atoms with Crippen LogP contribution in [0.5, 0.6) is 0 Å². The summed E-state index contributed by atoms with van der Waals surface area (Å²) in [5.41, 5.74) is 0.568. The van der Waals surface area contributed by atoms with Gasteiger partial charge in [0.25, 0.3) is 5.91 Å². The first-order valence-corrected chi connectivity index (χ1v) is 7.09. The number of halogens is 2. The molecule has 3 nitrogen and oxygen atoms in total. The van der Waals surface area contributed by atoms with Crippen LogP contribution in [0.3, 0.4) is 0 Å². The third-order valence-corrected chi connectivity index (χ3v) is 3.73. The summed E-state index contributed by atoms with van der Waals surface area (Å²) in [5.74, 6) is 0.181. The normalized spacial score (nSPS) is 12.2. The zero-order chi connectivity index (χ0) is 13.5. The highest BCUT2D eigenvalue weighted by molar-refractivity contribution is 9.10. The topological polar surface area (TPSA) is 49.3 Å². The largest absolute Gasteiger partial charge is 0.396 e. The molecule has 0 aliphatic heterocycles. The Kier molecular flexibility index (Phi) is 6.68. The lowest BCUT2D eigenvalue weighted by atomic mass is 10.0. The van der Waals surface area contributed by atoms with E-state index in [4.69, 9.17) is 16.7 Å². The van der Waals surface area contributed by atoms with Crippen molar-refractivity contribution >= 4 is 33.4 Å². The molecule has 1 aromatic carbocycles. The molecule has 18 heavy (non-hydrogen) atoms. The molecule has 0 aromatic heterocycles. The summed E-state index contributed by atoms with van der Waals surface area (Å²) in [6.45, 7) is 2.77. The van der Waals surface area contributed by atoms with Crippen molar-refractivity contribution < 1.29 is 9.90 Å². The second-order valence-electron chi connectivity index (χ2n) is 4.12. The predicted molar refractivity (Wildman–Crippen MR) is 77.0 cm³/mol. The van der Waals surface area contributed by atoms with Crippen LogP contribution >= 0.6 is 27.5 Å². The van der Waals surface area contributed by atoms with Gasteiger partial charge in [-0.3, -0.25) is 4.79 Å². The number of benzene rings is 1. The molecule has 0 fully saturated rings. The Balaban J connectivity index is 2.59. The van der Waals surface area contributed by atoms with Crippen molar-refractivity contribution in [1.29, 1.82) is 0 Å².